The molecule has 2 atom stereocenters. The molecule has 0 spiro atoms. The predicted octanol–water partition coefficient (Wildman–Crippen LogP) is 2.69. The summed E-state index contributed by atoms with van der Waals surface area (Å²) in [7, 11) is 0. The highest BCUT2D eigenvalue weighted by molar-refractivity contribution is 5.84. The minimum Gasteiger partial charge on any atom is -0.319 e. The molecule has 1 heterocycles. The van der Waals surface area contributed by atoms with Gasteiger partial charge in [0.05, 0.1) is 11.6 Å². The van der Waals surface area contributed by atoms with Crippen LogP contribution in [0.25, 0.3) is 0 Å². The summed E-state index contributed by atoms with van der Waals surface area (Å²) in [5.41, 5.74) is -0.191. The summed E-state index contributed by atoms with van der Waals surface area (Å²) >= 11 is 0. The summed E-state index contributed by atoms with van der Waals surface area (Å²) in [6, 6.07) is 5.00. The minimum absolute atomic E-state index is 0.0325. The van der Waals surface area contributed by atoms with Gasteiger partial charge >= 0.3 is 6.18 Å². The Morgan fingerprint density at radius 2 is 2.00 bits per heavy atom. The van der Waals surface area contributed by atoms with Crippen molar-refractivity contribution in [3.63, 3.8) is 0 Å². The van der Waals surface area contributed by atoms with Crippen molar-refractivity contribution in [2.45, 2.75) is 44.2 Å². The van der Waals surface area contributed by atoms with Crippen LogP contribution in [-0.4, -0.2) is 22.9 Å². The topological polar surface area (TPSA) is 32.3 Å². The molecular formula is C14H15F3N2O. The third-order valence-electron chi connectivity index (χ3n) is 3.78. The largest absolute Gasteiger partial charge is 0.416 e. The van der Waals surface area contributed by atoms with Crippen LogP contribution in [0.15, 0.2) is 24.3 Å². The summed E-state index contributed by atoms with van der Waals surface area (Å²) in [6.45, 7) is 1.74. The van der Waals surface area contributed by atoms with Gasteiger partial charge in [-0.2, -0.15) is 13.2 Å². The smallest absolute Gasteiger partial charge is 0.319 e. The molecule has 2 unspecified atom stereocenters. The number of carbonyl (C=O) groups is 1. The molecule has 1 amide bonds. The molecule has 1 N–H and O–H groups in total. The second kappa shape index (κ2) is 4.48. The van der Waals surface area contributed by atoms with Gasteiger partial charge in [-0.25, -0.2) is 0 Å². The average Bonchev–Trinajstić information content (AvgIpc) is 3.17. The van der Waals surface area contributed by atoms with Crippen LogP contribution in [0, 0.1) is 0 Å². The molecule has 1 aliphatic carbocycles. The van der Waals surface area contributed by atoms with Crippen LogP contribution >= 0.6 is 0 Å². The second-order valence-electron chi connectivity index (χ2n) is 5.39. The van der Waals surface area contributed by atoms with Gasteiger partial charge in [-0.3, -0.25) is 10.1 Å². The van der Waals surface area contributed by atoms with Crippen molar-refractivity contribution in [3.8, 4) is 0 Å². The Balaban J connectivity index is 1.94. The second-order valence-corrected chi connectivity index (χ2v) is 5.39. The van der Waals surface area contributed by atoms with E-state index in [1.807, 2.05) is 0 Å². The maximum Gasteiger partial charge on any atom is 0.416 e. The molecule has 1 aromatic carbocycles. The summed E-state index contributed by atoms with van der Waals surface area (Å²) in [4.78, 5) is 13.8. The van der Waals surface area contributed by atoms with E-state index in [1.165, 1.54) is 6.07 Å². The van der Waals surface area contributed by atoms with Gasteiger partial charge in [0.15, 0.2) is 0 Å². The molecule has 6 heteroatoms. The van der Waals surface area contributed by atoms with Crippen molar-refractivity contribution in [1.82, 2.24) is 10.2 Å². The van der Waals surface area contributed by atoms with Gasteiger partial charge in [-0.15, -0.1) is 0 Å². The molecule has 1 aliphatic heterocycles. The summed E-state index contributed by atoms with van der Waals surface area (Å²) in [6.07, 6.45) is -2.97. The van der Waals surface area contributed by atoms with Crippen molar-refractivity contribution in [1.29, 1.82) is 0 Å². The third-order valence-corrected chi connectivity index (χ3v) is 3.78. The number of nitrogens with zero attached hydrogens (tertiary/aromatic N) is 1. The Labute approximate surface area is 114 Å². The lowest BCUT2D eigenvalue weighted by Gasteiger charge is -2.25. The molecule has 2 aliphatic rings. The van der Waals surface area contributed by atoms with E-state index in [0.29, 0.717) is 5.56 Å². The fourth-order valence-corrected chi connectivity index (χ4v) is 2.62. The highest BCUT2D eigenvalue weighted by Crippen LogP contribution is 2.38. The summed E-state index contributed by atoms with van der Waals surface area (Å²) in [5.74, 6) is -0.0325. The quantitative estimate of drug-likeness (QED) is 0.905. The zero-order valence-electron chi connectivity index (χ0n) is 10.9. The number of rotatable bonds is 2. The monoisotopic (exact) mass is 284 g/mol. The van der Waals surface area contributed by atoms with Crippen LogP contribution < -0.4 is 5.32 Å². The Morgan fingerprint density at radius 3 is 2.60 bits per heavy atom. The lowest BCUT2D eigenvalue weighted by Crippen LogP contribution is -2.32. The maximum absolute atomic E-state index is 12.8. The van der Waals surface area contributed by atoms with Gasteiger partial charge in [-0.1, -0.05) is 12.1 Å². The van der Waals surface area contributed by atoms with Crippen LogP contribution in [0.3, 0.4) is 0 Å². The van der Waals surface area contributed by atoms with Crippen LogP contribution in [-0.2, 0) is 11.0 Å². The lowest BCUT2D eigenvalue weighted by molar-refractivity contribution is -0.137. The van der Waals surface area contributed by atoms with Gasteiger partial charge in [0.25, 0.3) is 0 Å². The molecule has 1 saturated heterocycles. The van der Waals surface area contributed by atoms with E-state index < -0.39 is 17.9 Å². The van der Waals surface area contributed by atoms with E-state index in [1.54, 1.807) is 17.9 Å². The van der Waals surface area contributed by atoms with Crippen LogP contribution in [0.1, 0.15) is 37.1 Å². The van der Waals surface area contributed by atoms with Gasteiger partial charge < -0.3 is 4.90 Å². The first kappa shape index (κ1) is 13.4. The predicted molar refractivity (Wildman–Crippen MR) is 66.7 cm³/mol. The molecule has 0 radical (unpaired) electrons. The first-order valence-electron chi connectivity index (χ1n) is 6.63. The van der Waals surface area contributed by atoms with E-state index >= 15 is 0 Å². The Hall–Kier alpha value is -1.56. The van der Waals surface area contributed by atoms with E-state index in [4.69, 9.17) is 0 Å². The zero-order chi connectivity index (χ0) is 14.5. The van der Waals surface area contributed by atoms with Crippen molar-refractivity contribution in [2.24, 2.45) is 0 Å². The molecule has 108 valence electrons. The first-order valence-corrected chi connectivity index (χ1v) is 6.63. The molecule has 0 aromatic heterocycles. The van der Waals surface area contributed by atoms with E-state index in [0.717, 1.165) is 25.0 Å². The van der Waals surface area contributed by atoms with E-state index in [9.17, 15) is 18.0 Å². The molecule has 2 fully saturated rings. The molecule has 1 aromatic rings. The van der Waals surface area contributed by atoms with Crippen molar-refractivity contribution >= 4 is 5.91 Å². The fraction of sp³-hybridized carbons (Fsp3) is 0.500. The standard InChI is InChI=1S/C14H15F3N2O/c1-8-13(20)19(11-5-6-11)12(18-8)9-3-2-4-10(7-9)14(15,16)17/h2-4,7-8,11-12,18H,5-6H2,1H3. The number of benzene rings is 1. The normalized spacial score (nSPS) is 27.2. The Bertz CT molecular complexity index is 539. The number of alkyl halides is 3. The SMILES string of the molecule is CC1NC(c2cccc(C(F)(F)F)c2)N(C2CC2)C1=O. The maximum atomic E-state index is 12.8. The van der Waals surface area contributed by atoms with Crippen LogP contribution in [0.5, 0.6) is 0 Å². The summed E-state index contributed by atoms with van der Waals surface area (Å²) in [5, 5.41) is 3.08. The number of halogens is 3. The van der Waals surface area contributed by atoms with Crippen molar-refractivity contribution in [3.05, 3.63) is 35.4 Å². The number of nitrogens with one attached hydrogen (secondary N) is 1. The number of hydrogen-bond donors (Lipinski definition) is 1. The zero-order valence-corrected chi connectivity index (χ0v) is 10.9. The Kier molecular flexibility index (Phi) is 3.01. The average molecular weight is 284 g/mol. The van der Waals surface area contributed by atoms with Crippen LogP contribution in [0.4, 0.5) is 13.2 Å². The van der Waals surface area contributed by atoms with Crippen LogP contribution in [0.2, 0.25) is 0 Å². The molecule has 3 nitrogen and oxygen atoms in total. The van der Waals surface area contributed by atoms with Gasteiger partial charge in [0.1, 0.15) is 6.17 Å². The highest BCUT2D eigenvalue weighted by Gasteiger charge is 2.45. The van der Waals surface area contributed by atoms with Gasteiger partial charge in [-0.05, 0) is 37.5 Å². The van der Waals surface area contributed by atoms with E-state index in [-0.39, 0.29) is 18.0 Å². The molecule has 20 heavy (non-hydrogen) atoms. The first-order chi connectivity index (χ1) is 9.38. The lowest BCUT2D eigenvalue weighted by atomic mass is 10.1. The molecular weight excluding hydrogens is 269 g/mol. The summed E-state index contributed by atoms with van der Waals surface area (Å²) < 4.78 is 38.3. The molecule has 1 saturated carbocycles. The van der Waals surface area contributed by atoms with Crippen molar-refractivity contribution in [2.75, 3.05) is 0 Å². The highest BCUT2D eigenvalue weighted by atomic mass is 19.4. The Morgan fingerprint density at radius 1 is 1.30 bits per heavy atom. The third kappa shape index (κ3) is 2.28. The van der Waals surface area contributed by atoms with Crippen molar-refractivity contribution < 1.29 is 18.0 Å². The molecule has 3 rings (SSSR count). The molecule has 0 bridgehead atoms. The van der Waals surface area contributed by atoms with E-state index in [2.05, 4.69) is 5.32 Å². The number of carbonyl (C=O) groups excluding carboxylic acids is 1. The fourth-order valence-electron chi connectivity index (χ4n) is 2.62. The van der Waals surface area contributed by atoms with Gasteiger partial charge in [0, 0.05) is 6.04 Å². The number of amides is 1. The minimum atomic E-state index is -4.37. The number of hydrogen-bond acceptors (Lipinski definition) is 2. The van der Waals surface area contributed by atoms with Gasteiger partial charge in [0.2, 0.25) is 5.91 Å².